The molecule has 2 aliphatic rings. The largest absolute Gasteiger partial charge is 0.497 e. The van der Waals surface area contributed by atoms with Crippen molar-refractivity contribution >= 4 is 11.5 Å². The molecule has 0 aliphatic carbocycles. The number of pyridine rings is 1. The number of benzene rings is 1. The number of nitrogens with two attached hydrogens (primary N) is 1. The van der Waals surface area contributed by atoms with Crippen LogP contribution in [0.3, 0.4) is 0 Å². The molecule has 0 amide bonds. The molecule has 134 valence electrons. The zero-order chi connectivity index (χ0) is 18.1. The van der Waals surface area contributed by atoms with Crippen molar-refractivity contribution in [2.45, 2.75) is 25.3 Å². The minimum absolute atomic E-state index is 0.217. The topological polar surface area (TPSA) is 84.4 Å². The van der Waals surface area contributed by atoms with Gasteiger partial charge in [0.2, 0.25) is 0 Å². The van der Waals surface area contributed by atoms with Gasteiger partial charge in [-0.1, -0.05) is 6.07 Å². The molecule has 2 N–H and O–H groups in total. The minimum Gasteiger partial charge on any atom is -0.497 e. The quantitative estimate of drug-likeness (QED) is 0.916. The van der Waals surface area contributed by atoms with E-state index in [0.717, 1.165) is 60.8 Å². The molecule has 0 saturated carbocycles. The molecule has 0 spiro atoms. The average molecular weight is 350 g/mol. The number of anilines is 2. The van der Waals surface area contributed by atoms with Gasteiger partial charge in [0.25, 0.3) is 0 Å². The van der Waals surface area contributed by atoms with Gasteiger partial charge < -0.3 is 20.1 Å². The number of nitrogens with zero attached hydrogens (tertiary/aromatic N) is 3. The summed E-state index contributed by atoms with van der Waals surface area (Å²) in [4.78, 5) is 6.85. The van der Waals surface area contributed by atoms with Crippen molar-refractivity contribution < 1.29 is 9.47 Å². The van der Waals surface area contributed by atoms with Crippen LogP contribution < -0.4 is 15.4 Å². The maximum atomic E-state index is 9.67. The fraction of sp³-hybridized carbons (Fsp3) is 0.400. The molecule has 1 aromatic heterocycles. The highest BCUT2D eigenvalue weighted by atomic mass is 16.5. The van der Waals surface area contributed by atoms with E-state index in [1.165, 1.54) is 0 Å². The first kappa shape index (κ1) is 16.7. The first-order valence-electron chi connectivity index (χ1n) is 8.89. The molecule has 6 nitrogen and oxygen atoms in total. The number of aromatic nitrogens is 1. The van der Waals surface area contributed by atoms with Crippen molar-refractivity contribution in [2.24, 2.45) is 0 Å². The summed E-state index contributed by atoms with van der Waals surface area (Å²) in [6.45, 7) is 2.95. The molecule has 4 rings (SSSR count). The number of nitrogen functional groups attached to an aromatic ring is 1. The predicted octanol–water partition coefficient (Wildman–Crippen LogP) is 2.61. The highest BCUT2D eigenvalue weighted by Gasteiger charge is 2.30. The van der Waals surface area contributed by atoms with Crippen molar-refractivity contribution in [2.75, 3.05) is 37.5 Å². The third-order valence-corrected chi connectivity index (χ3v) is 5.29. The molecule has 2 aromatic rings. The number of methoxy groups -OCH3 is 1. The van der Waals surface area contributed by atoms with Crippen LogP contribution >= 0.6 is 0 Å². The van der Waals surface area contributed by atoms with E-state index in [9.17, 15) is 5.26 Å². The Balaban J connectivity index is 1.76. The second-order valence-electron chi connectivity index (χ2n) is 6.76. The summed E-state index contributed by atoms with van der Waals surface area (Å²) < 4.78 is 10.9. The molecule has 3 heterocycles. The van der Waals surface area contributed by atoms with Crippen LogP contribution in [-0.4, -0.2) is 31.9 Å². The van der Waals surface area contributed by atoms with Crippen LogP contribution in [0.1, 0.15) is 34.7 Å². The normalized spacial score (nSPS) is 19.1. The molecular formula is C20H22N4O2. The van der Waals surface area contributed by atoms with E-state index in [2.05, 4.69) is 22.0 Å². The van der Waals surface area contributed by atoms with Gasteiger partial charge in [-0.2, -0.15) is 5.26 Å². The van der Waals surface area contributed by atoms with Gasteiger partial charge in [0, 0.05) is 49.5 Å². The standard InChI is InChI=1S/C20H22N4O2/c1-25-15-4-2-3-14(9-15)24-7-5-18-17(11-24)19(13-6-8-26-12-13)16(10-21)20(22)23-18/h2-4,9,13H,5-8,11-12H2,1H3,(H2,22,23)/t13-/m0/s1. The summed E-state index contributed by atoms with van der Waals surface area (Å²) in [7, 11) is 1.68. The monoisotopic (exact) mass is 350 g/mol. The van der Waals surface area contributed by atoms with E-state index in [0.29, 0.717) is 18.0 Å². The summed E-state index contributed by atoms with van der Waals surface area (Å²) in [6.07, 6.45) is 1.73. The van der Waals surface area contributed by atoms with Gasteiger partial charge in [-0.25, -0.2) is 4.98 Å². The number of ether oxygens (including phenoxy) is 2. The molecule has 0 unspecified atom stereocenters. The number of fused-ring (bicyclic) bond motifs is 1. The van der Waals surface area contributed by atoms with Crippen LogP contribution in [-0.2, 0) is 17.7 Å². The van der Waals surface area contributed by atoms with Gasteiger partial charge in [0.15, 0.2) is 0 Å². The Morgan fingerprint density at radius 3 is 3.04 bits per heavy atom. The number of rotatable bonds is 3. The zero-order valence-electron chi connectivity index (χ0n) is 14.9. The molecule has 1 saturated heterocycles. The van der Waals surface area contributed by atoms with Gasteiger partial charge in [0.1, 0.15) is 17.6 Å². The van der Waals surface area contributed by atoms with Gasteiger partial charge in [-0.15, -0.1) is 0 Å². The zero-order valence-corrected chi connectivity index (χ0v) is 14.9. The third kappa shape index (κ3) is 2.85. The van der Waals surface area contributed by atoms with Crippen molar-refractivity contribution in [1.29, 1.82) is 5.26 Å². The first-order valence-corrected chi connectivity index (χ1v) is 8.89. The Labute approximate surface area is 153 Å². The fourth-order valence-electron chi connectivity index (χ4n) is 3.96. The molecule has 0 bridgehead atoms. The molecule has 1 aromatic carbocycles. The summed E-state index contributed by atoms with van der Waals surface area (Å²) in [5.74, 6) is 1.41. The van der Waals surface area contributed by atoms with Gasteiger partial charge >= 0.3 is 0 Å². The Morgan fingerprint density at radius 1 is 1.42 bits per heavy atom. The fourth-order valence-corrected chi connectivity index (χ4v) is 3.96. The summed E-state index contributed by atoms with van der Waals surface area (Å²) >= 11 is 0. The van der Waals surface area contributed by atoms with Crippen LogP contribution in [0.25, 0.3) is 0 Å². The molecule has 0 radical (unpaired) electrons. The molecule has 26 heavy (non-hydrogen) atoms. The predicted molar refractivity (Wildman–Crippen MR) is 99.3 cm³/mol. The smallest absolute Gasteiger partial charge is 0.141 e. The SMILES string of the molecule is COc1cccc(N2CCc3nc(N)c(C#N)c([C@H]4CCOC4)c3C2)c1. The lowest BCUT2D eigenvalue weighted by Crippen LogP contribution is -2.33. The second kappa shape index (κ2) is 6.85. The van der Waals surface area contributed by atoms with E-state index >= 15 is 0 Å². The van der Waals surface area contributed by atoms with Crippen molar-refractivity contribution in [3.05, 3.63) is 46.6 Å². The molecular weight excluding hydrogens is 328 g/mol. The van der Waals surface area contributed by atoms with E-state index in [1.807, 2.05) is 18.2 Å². The Morgan fingerprint density at radius 2 is 2.31 bits per heavy atom. The van der Waals surface area contributed by atoms with Crippen LogP contribution in [0.4, 0.5) is 11.5 Å². The van der Waals surface area contributed by atoms with Gasteiger partial charge in [0.05, 0.1) is 19.3 Å². The number of hydrogen-bond donors (Lipinski definition) is 1. The van der Waals surface area contributed by atoms with Gasteiger partial charge in [-0.05, 0) is 29.7 Å². The lowest BCUT2D eigenvalue weighted by atomic mass is 9.86. The summed E-state index contributed by atoms with van der Waals surface area (Å²) in [5.41, 5.74) is 10.9. The van der Waals surface area contributed by atoms with Crippen LogP contribution in [0, 0.1) is 11.3 Å². The molecule has 1 fully saturated rings. The lowest BCUT2D eigenvalue weighted by Gasteiger charge is -2.33. The van der Waals surface area contributed by atoms with Crippen molar-refractivity contribution in [3.63, 3.8) is 0 Å². The van der Waals surface area contributed by atoms with Crippen molar-refractivity contribution in [1.82, 2.24) is 4.98 Å². The molecule has 2 aliphatic heterocycles. The Hall–Kier alpha value is -2.78. The maximum Gasteiger partial charge on any atom is 0.141 e. The first-order chi connectivity index (χ1) is 12.7. The highest BCUT2D eigenvalue weighted by molar-refractivity contribution is 5.61. The van der Waals surface area contributed by atoms with E-state index in [1.54, 1.807) is 7.11 Å². The number of nitriles is 1. The van der Waals surface area contributed by atoms with Crippen LogP contribution in [0.15, 0.2) is 24.3 Å². The second-order valence-corrected chi connectivity index (χ2v) is 6.76. The summed E-state index contributed by atoms with van der Waals surface area (Å²) in [6, 6.07) is 10.3. The van der Waals surface area contributed by atoms with E-state index in [4.69, 9.17) is 15.2 Å². The number of hydrogen-bond acceptors (Lipinski definition) is 6. The van der Waals surface area contributed by atoms with E-state index in [-0.39, 0.29) is 5.92 Å². The Kier molecular flexibility index (Phi) is 4.39. The minimum atomic E-state index is 0.217. The maximum absolute atomic E-state index is 9.67. The van der Waals surface area contributed by atoms with Gasteiger partial charge in [-0.3, -0.25) is 0 Å². The van der Waals surface area contributed by atoms with Crippen molar-refractivity contribution in [3.8, 4) is 11.8 Å². The van der Waals surface area contributed by atoms with Crippen LogP contribution in [0.2, 0.25) is 0 Å². The Bertz CT molecular complexity index is 869. The lowest BCUT2D eigenvalue weighted by molar-refractivity contribution is 0.193. The average Bonchev–Trinajstić information content (AvgIpc) is 3.21. The van der Waals surface area contributed by atoms with E-state index < -0.39 is 0 Å². The third-order valence-electron chi connectivity index (χ3n) is 5.29. The summed E-state index contributed by atoms with van der Waals surface area (Å²) in [5, 5.41) is 9.67. The molecule has 6 heteroatoms. The van der Waals surface area contributed by atoms with Crippen LogP contribution in [0.5, 0.6) is 5.75 Å². The molecule has 1 atom stereocenters. The highest BCUT2D eigenvalue weighted by Crippen LogP contribution is 2.37.